The highest BCUT2D eigenvalue weighted by Crippen LogP contribution is 2.15. The first-order valence-electron chi connectivity index (χ1n) is 6.79. The number of carbonyl (C=O) groups excluding carboxylic acids is 1. The molecule has 7 heteroatoms. The fourth-order valence-electron chi connectivity index (χ4n) is 1.67. The van der Waals surface area contributed by atoms with Crippen LogP contribution >= 0.6 is 0 Å². The summed E-state index contributed by atoms with van der Waals surface area (Å²) in [6, 6.07) is 6.42. The Morgan fingerprint density at radius 2 is 2.05 bits per heavy atom. The van der Waals surface area contributed by atoms with E-state index >= 15 is 0 Å². The number of hydrogen-bond donors (Lipinski definition) is 2. The first-order chi connectivity index (χ1) is 9.77. The molecular formula is C14H23N3O3S. The van der Waals surface area contributed by atoms with Crippen molar-refractivity contribution in [2.24, 2.45) is 11.7 Å². The SMILES string of the molecule is CC(C)CNC(=O)CN(C)S(=O)(=O)c1cccc(CN)c1. The molecule has 0 aromatic heterocycles. The van der Waals surface area contributed by atoms with Crippen LogP contribution in [0.15, 0.2) is 29.2 Å². The summed E-state index contributed by atoms with van der Waals surface area (Å²) in [6.45, 7) is 4.53. The number of nitrogens with two attached hydrogens (primary N) is 1. The molecule has 1 aromatic rings. The van der Waals surface area contributed by atoms with E-state index in [9.17, 15) is 13.2 Å². The molecule has 0 saturated carbocycles. The van der Waals surface area contributed by atoms with Gasteiger partial charge in [0, 0.05) is 20.1 Å². The van der Waals surface area contributed by atoms with Gasteiger partial charge >= 0.3 is 0 Å². The Balaban J connectivity index is 2.79. The average molecular weight is 313 g/mol. The third-order valence-corrected chi connectivity index (χ3v) is 4.72. The van der Waals surface area contributed by atoms with Gasteiger partial charge in [0.1, 0.15) is 0 Å². The van der Waals surface area contributed by atoms with Crippen molar-refractivity contribution in [2.45, 2.75) is 25.3 Å². The van der Waals surface area contributed by atoms with Crippen LogP contribution in [0.4, 0.5) is 0 Å². The summed E-state index contributed by atoms with van der Waals surface area (Å²) >= 11 is 0. The highest BCUT2D eigenvalue weighted by Gasteiger charge is 2.23. The minimum atomic E-state index is -3.69. The molecule has 1 amide bonds. The number of sulfonamides is 1. The number of hydrogen-bond acceptors (Lipinski definition) is 4. The number of carbonyl (C=O) groups is 1. The molecule has 1 aromatic carbocycles. The van der Waals surface area contributed by atoms with Gasteiger partial charge in [-0.15, -0.1) is 0 Å². The van der Waals surface area contributed by atoms with Crippen LogP contribution in [-0.4, -0.2) is 38.8 Å². The number of benzene rings is 1. The Labute approximate surface area is 126 Å². The van der Waals surface area contributed by atoms with Crippen molar-refractivity contribution in [1.29, 1.82) is 0 Å². The van der Waals surface area contributed by atoms with E-state index in [4.69, 9.17) is 5.73 Å². The summed E-state index contributed by atoms with van der Waals surface area (Å²) in [6.07, 6.45) is 0. The zero-order valence-electron chi connectivity index (χ0n) is 12.7. The molecule has 3 N–H and O–H groups in total. The van der Waals surface area contributed by atoms with Crippen LogP contribution in [0.2, 0.25) is 0 Å². The van der Waals surface area contributed by atoms with Gasteiger partial charge in [0.15, 0.2) is 0 Å². The first kappa shape index (κ1) is 17.6. The predicted octanol–water partition coefficient (Wildman–Crippen LogP) is 0.538. The molecule has 0 bridgehead atoms. The standard InChI is InChI=1S/C14H23N3O3S/c1-11(2)9-16-14(18)10-17(3)21(19,20)13-6-4-5-12(7-13)8-15/h4-7,11H,8-10,15H2,1-3H3,(H,16,18). The molecule has 0 heterocycles. The van der Waals surface area contributed by atoms with E-state index in [0.717, 1.165) is 9.87 Å². The van der Waals surface area contributed by atoms with E-state index in [1.807, 2.05) is 13.8 Å². The lowest BCUT2D eigenvalue weighted by Gasteiger charge is -2.17. The van der Waals surface area contributed by atoms with Gasteiger partial charge in [-0.05, 0) is 23.6 Å². The smallest absolute Gasteiger partial charge is 0.243 e. The van der Waals surface area contributed by atoms with Crippen molar-refractivity contribution in [3.05, 3.63) is 29.8 Å². The van der Waals surface area contributed by atoms with Crippen molar-refractivity contribution in [3.8, 4) is 0 Å². The van der Waals surface area contributed by atoms with Crippen LogP contribution in [0.1, 0.15) is 19.4 Å². The molecule has 0 unspecified atom stereocenters. The lowest BCUT2D eigenvalue weighted by atomic mass is 10.2. The van der Waals surface area contributed by atoms with Gasteiger partial charge in [0.25, 0.3) is 0 Å². The zero-order chi connectivity index (χ0) is 16.0. The van der Waals surface area contributed by atoms with Gasteiger partial charge in [0.05, 0.1) is 11.4 Å². The van der Waals surface area contributed by atoms with Gasteiger partial charge in [0.2, 0.25) is 15.9 Å². The van der Waals surface area contributed by atoms with Crippen LogP contribution < -0.4 is 11.1 Å². The molecule has 1 rings (SSSR count). The van der Waals surface area contributed by atoms with Crippen LogP contribution in [0.3, 0.4) is 0 Å². The number of nitrogens with one attached hydrogen (secondary N) is 1. The van der Waals surface area contributed by atoms with Crippen molar-refractivity contribution < 1.29 is 13.2 Å². The minimum Gasteiger partial charge on any atom is -0.355 e. The van der Waals surface area contributed by atoms with Gasteiger partial charge < -0.3 is 11.1 Å². The van der Waals surface area contributed by atoms with E-state index in [-0.39, 0.29) is 23.9 Å². The number of amides is 1. The van der Waals surface area contributed by atoms with Gasteiger partial charge in [-0.25, -0.2) is 8.42 Å². The maximum atomic E-state index is 12.4. The Hall–Kier alpha value is -1.44. The molecule has 0 atom stereocenters. The molecule has 0 spiro atoms. The predicted molar refractivity (Wildman–Crippen MR) is 82.0 cm³/mol. The van der Waals surface area contributed by atoms with Crippen LogP contribution in [0.25, 0.3) is 0 Å². The molecule has 21 heavy (non-hydrogen) atoms. The normalized spacial score (nSPS) is 11.9. The van der Waals surface area contributed by atoms with Gasteiger partial charge in [-0.1, -0.05) is 26.0 Å². The molecule has 0 aliphatic rings. The average Bonchev–Trinajstić information content (AvgIpc) is 2.45. The van der Waals surface area contributed by atoms with Crippen LogP contribution in [0, 0.1) is 5.92 Å². The molecule has 118 valence electrons. The summed E-state index contributed by atoms with van der Waals surface area (Å²) in [5.74, 6) is 0.00172. The molecule has 0 aliphatic heterocycles. The highest BCUT2D eigenvalue weighted by molar-refractivity contribution is 7.89. The van der Waals surface area contributed by atoms with Crippen LogP contribution in [-0.2, 0) is 21.4 Å². The third kappa shape index (κ3) is 5.11. The largest absolute Gasteiger partial charge is 0.355 e. The quantitative estimate of drug-likeness (QED) is 0.768. The van der Waals surface area contributed by atoms with Crippen LogP contribution in [0.5, 0.6) is 0 Å². The Kier molecular flexibility index (Phi) is 6.32. The number of likely N-dealkylation sites (N-methyl/N-ethyl adjacent to an activating group) is 1. The second-order valence-electron chi connectivity index (χ2n) is 5.31. The van der Waals surface area contributed by atoms with Crippen molar-refractivity contribution in [2.75, 3.05) is 20.1 Å². The van der Waals surface area contributed by atoms with E-state index in [1.54, 1.807) is 12.1 Å². The van der Waals surface area contributed by atoms with E-state index in [2.05, 4.69) is 5.32 Å². The fourth-order valence-corrected chi connectivity index (χ4v) is 2.87. The zero-order valence-corrected chi connectivity index (χ0v) is 13.5. The summed E-state index contributed by atoms with van der Waals surface area (Å²) in [5.41, 5.74) is 6.24. The Morgan fingerprint density at radius 3 is 2.62 bits per heavy atom. The number of nitrogens with zero attached hydrogens (tertiary/aromatic N) is 1. The monoisotopic (exact) mass is 313 g/mol. The van der Waals surface area contributed by atoms with Crippen molar-refractivity contribution in [3.63, 3.8) is 0 Å². The minimum absolute atomic E-state index is 0.143. The second kappa shape index (κ2) is 7.53. The van der Waals surface area contributed by atoms with Crippen molar-refractivity contribution >= 4 is 15.9 Å². The lowest BCUT2D eigenvalue weighted by Crippen LogP contribution is -2.39. The topological polar surface area (TPSA) is 92.5 Å². The van der Waals surface area contributed by atoms with Crippen molar-refractivity contribution in [1.82, 2.24) is 9.62 Å². The molecule has 6 nitrogen and oxygen atoms in total. The van der Waals surface area contributed by atoms with E-state index in [1.165, 1.54) is 19.2 Å². The Morgan fingerprint density at radius 1 is 1.38 bits per heavy atom. The molecular weight excluding hydrogens is 290 g/mol. The van der Waals surface area contributed by atoms with Gasteiger partial charge in [-0.2, -0.15) is 4.31 Å². The second-order valence-corrected chi connectivity index (χ2v) is 7.36. The first-order valence-corrected chi connectivity index (χ1v) is 8.23. The maximum absolute atomic E-state index is 12.4. The maximum Gasteiger partial charge on any atom is 0.243 e. The van der Waals surface area contributed by atoms with E-state index < -0.39 is 10.0 Å². The molecule has 0 radical (unpaired) electrons. The summed E-state index contributed by atoms with van der Waals surface area (Å²) in [4.78, 5) is 11.9. The third-order valence-electron chi connectivity index (χ3n) is 2.92. The fraction of sp³-hybridized carbons (Fsp3) is 0.500. The van der Waals surface area contributed by atoms with Gasteiger partial charge in [-0.3, -0.25) is 4.79 Å². The molecule has 0 aliphatic carbocycles. The summed E-state index contributed by atoms with van der Waals surface area (Å²) < 4.78 is 25.8. The summed E-state index contributed by atoms with van der Waals surface area (Å²) in [5, 5.41) is 2.69. The van der Waals surface area contributed by atoms with E-state index in [0.29, 0.717) is 12.5 Å². The lowest BCUT2D eigenvalue weighted by molar-refractivity contribution is -0.121. The Bertz CT molecular complexity index is 585. The molecule has 0 fully saturated rings. The summed E-state index contributed by atoms with van der Waals surface area (Å²) in [7, 11) is -2.30. The number of rotatable bonds is 7. The highest BCUT2D eigenvalue weighted by atomic mass is 32.2. The molecule has 0 saturated heterocycles.